The van der Waals surface area contributed by atoms with Crippen molar-refractivity contribution in [1.82, 2.24) is 15.2 Å². The number of anilines is 2. The van der Waals surface area contributed by atoms with Crippen LogP contribution in [-0.2, 0) is 10.2 Å². The average molecular weight is 446 g/mol. The summed E-state index contributed by atoms with van der Waals surface area (Å²) >= 11 is 6.85. The van der Waals surface area contributed by atoms with Gasteiger partial charge in [0.2, 0.25) is 5.91 Å². The predicted octanol–water partition coefficient (Wildman–Crippen LogP) is 3.03. The van der Waals surface area contributed by atoms with E-state index in [4.69, 9.17) is 17.3 Å². The molecule has 0 radical (unpaired) electrons. The number of nitrogens with two attached hydrogens (primary N) is 1. The van der Waals surface area contributed by atoms with Crippen LogP contribution in [0.3, 0.4) is 0 Å². The Kier molecular flexibility index (Phi) is 5.29. The van der Waals surface area contributed by atoms with E-state index < -0.39 is 11.7 Å². The van der Waals surface area contributed by atoms with E-state index >= 15 is 4.39 Å². The molecule has 4 rings (SSSR count). The van der Waals surface area contributed by atoms with Gasteiger partial charge < -0.3 is 21.3 Å². The molecule has 1 spiro atoms. The number of nitrogens with one attached hydrogen (secondary N) is 2. The Morgan fingerprint density at radius 2 is 2.10 bits per heavy atom. The quantitative estimate of drug-likeness (QED) is 0.630. The minimum Gasteiger partial charge on any atom is -0.398 e. The Hall–Kier alpha value is -2.87. The lowest BCUT2D eigenvalue weighted by Crippen LogP contribution is -2.30. The standard InChI is InChI=1S/C22H25ClFN5O2/c1-26-20(30)11-6-7-22(8-11)10-28-19-16(22)17(23)13(9-27-19)12-4-5-14(25)15(18(12)24)21(31)29(2)3/h4-5,9,11H,6-8,10,25H2,1-3H3,(H,26,30)(H,27,28). The van der Waals surface area contributed by atoms with E-state index in [1.54, 1.807) is 7.05 Å². The van der Waals surface area contributed by atoms with Gasteiger partial charge in [-0.2, -0.15) is 0 Å². The van der Waals surface area contributed by atoms with Crippen molar-refractivity contribution in [2.45, 2.75) is 24.7 Å². The molecule has 164 valence electrons. The number of rotatable bonds is 3. The first kappa shape index (κ1) is 21.4. The normalized spacial score (nSPS) is 21.6. The van der Waals surface area contributed by atoms with Gasteiger partial charge in [0.15, 0.2) is 0 Å². The summed E-state index contributed by atoms with van der Waals surface area (Å²) in [5.74, 6) is -0.676. The summed E-state index contributed by atoms with van der Waals surface area (Å²) < 4.78 is 15.5. The van der Waals surface area contributed by atoms with Crippen LogP contribution < -0.4 is 16.4 Å². The molecule has 2 amide bonds. The molecule has 1 aliphatic carbocycles. The fourth-order valence-electron chi connectivity index (χ4n) is 4.82. The molecular weight excluding hydrogens is 421 g/mol. The molecule has 1 aliphatic heterocycles. The molecule has 1 aromatic heterocycles. The second kappa shape index (κ2) is 7.67. The van der Waals surface area contributed by atoms with Crippen LogP contribution in [0.5, 0.6) is 0 Å². The van der Waals surface area contributed by atoms with Crippen LogP contribution in [0.4, 0.5) is 15.9 Å². The van der Waals surface area contributed by atoms with Crippen molar-refractivity contribution < 1.29 is 14.0 Å². The molecular formula is C22H25ClFN5O2. The summed E-state index contributed by atoms with van der Waals surface area (Å²) in [7, 11) is 4.71. The number of amides is 2. The van der Waals surface area contributed by atoms with Crippen molar-refractivity contribution in [3.8, 4) is 11.1 Å². The van der Waals surface area contributed by atoms with E-state index in [1.807, 2.05) is 0 Å². The number of benzene rings is 1. The zero-order valence-corrected chi connectivity index (χ0v) is 18.4. The van der Waals surface area contributed by atoms with Crippen molar-refractivity contribution in [2.24, 2.45) is 5.92 Å². The fraction of sp³-hybridized carbons (Fsp3) is 0.409. The molecule has 0 bridgehead atoms. The number of halogens is 2. The van der Waals surface area contributed by atoms with Gasteiger partial charge in [-0.3, -0.25) is 9.59 Å². The molecule has 9 heteroatoms. The van der Waals surface area contributed by atoms with E-state index in [1.165, 1.54) is 37.3 Å². The molecule has 2 aromatic rings. The lowest BCUT2D eigenvalue weighted by atomic mass is 9.79. The molecule has 1 saturated carbocycles. The molecule has 4 N–H and O–H groups in total. The number of hydrogen-bond acceptors (Lipinski definition) is 5. The molecule has 7 nitrogen and oxygen atoms in total. The molecule has 31 heavy (non-hydrogen) atoms. The van der Waals surface area contributed by atoms with E-state index in [0.29, 0.717) is 29.4 Å². The first-order chi connectivity index (χ1) is 14.7. The number of carbonyl (C=O) groups is 2. The maximum Gasteiger partial charge on any atom is 0.258 e. The highest BCUT2D eigenvalue weighted by Crippen LogP contribution is 2.53. The number of pyridine rings is 1. The minimum absolute atomic E-state index is 0.0157. The van der Waals surface area contributed by atoms with Crippen molar-refractivity contribution in [3.63, 3.8) is 0 Å². The first-order valence-electron chi connectivity index (χ1n) is 10.1. The summed E-state index contributed by atoms with van der Waals surface area (Å²) in [4.78, 5) is 30.4. The number of hydrogen-bond donors (Lipinski definition) is 3. The van der Waals surface area contributed by atoms with Gasteiger partial charge in [-0.25, -0.2) is 9.37 Å². The van der Waals surface area contributed by atoms with Gasteiger partial charge in [-0.15, -0.1) is 0 Å². The monoisotopic (exact) mass is 445 g/mol. The van der Waals surface area contributed by atoms with Crippen LogP contribution in [0.1, 0.15) is 35.2 Å². The van der Waals surface area contributed by atoms with E-state index in [-0.39, 0.29) is 34.1 Å². The topological polar surface area (TPSA) is 100 Å². The molecule has 0 saturated heterocycles. The van der Waals surface area contributed by atoms with Crippen LogP contribution in [0.15, 0.2) is 18.3 Å². The van der Waals surface area contributed by atoms with Crippen LogP contribution in [-0.4, -0.2) is 49.4 Å². The van der Waals surface area contributed by atoms with Gasteiger partial charge in [0.05, 0.1) is 10.6 Å². The van der Waals surface area contributed by atoms with Crippen molar-refractivity contribution >= 4 is 34.9 Å². The van der Waals surface area contributed by atoms with E-state index in [0.717, 1.165) is 18.4 Å². The largest absolute Gasteiger partial charge is 0.398 e. The highest BCUT2D eigenvalue weighted by molar-refractivity contribution is 6.34. The van der Waals surface area contributed by atoms with Gasteiger partial charge in [0.1, 0.15) is 11.6 Å². The fourth-order valence-corrected chi connectivity index (χ4v) is 5.26. The Bertz CT molecular complexity index is 1090. The summed E-state index contributed by atoms with van der Waals surface area (Å²) in [6.45, 7) is 0.626. The SMILES string of the molecule is CNC(=O)C1CCC2(CNc3ncc(-c4ccc(N)c(C(=O)N(C)C)c4F)c(Cl)c32)C1. The van der Waals surface area contributed by atoms with Crippen LogP contribution in [0.2, 0.25) is 5.02 Å². The second-order valence-corrected chi connectivity index (χ2v) is 8.87. The third-order valence-electron chi connectivity index (χ3n) is 6.45. The van der Waals surface area contributed by atoms with Crippen molar-refractivity contribution in [1.29, 1.82) is 0 Å². The molecule has 1 aromatic carbocycles. The highest BCUT2D eigenvalue weighted by atomic mass is 35.5. The number of carbonyl (C=O) groups excluding carboxylic acids is 2. The number of aromatic nitrogens is 1. The van der Waals surface area contributed by atoms with Gasteiger partial charge in [-0.05, 0) is 31.4 Å². The van der Waals surface area contributed by atoms with Gasteiger partial charge in [-0.1, -0.05) is 11.6 Å². The van der Waals surface area contributed by atoms with Crippen molar-refractivity contribution in [3.05, 3.63) is 40.3 Å². The van der Waals surface area contributed by atoms with Gasteiger partial charge in [0, 0.05) is 67.6 Å². The number of nitrogen functional groups attached to an aromatic ring is 1. The molecule has 2 aliphatic rings. The maximum absolute atomic E-state index is 15.5. The smallest absolute Gasteiger partial charge is 0.258 e. The molecule has 1 fully saturated rings. The van der Waals surface area contributed by atoms with Gasteiger partial charge in [0.25, 0.3) is 5.91 Å². The molecule has 2 heterocycles. The zero-order chi connectivity index (χ0) is 22.5. The van der Waals surface area contributed by atoms with E-state index in [9.17, 15) is 9.59 Å². The Balaban J connectivity index is 1.82. The summed E-state index contributed by atoms with van der Waals surface area (Å²) in [5, 5.41) is 6.41. The van der Waals surface area contributed by atoms with Crippen LogP contribution >= 0.6 is 11.6 Å². The third kappa shape index (κ3) is 3.29. The second-order valence-electron chi connectivity index (χ2n) is 8.49. The number of fused-ring (bicyclic) bond motifs is 2. The zero-order valence-electron chi connectivity index (χ0n) is 17.7. The molecule has 2 atom stereocenters. The third-order valence-corrected chi connectivity index (χ3v) is 6.84. The Labute approximate surface area is 185 Å². The summed E-state index contributed by atoms with van der Waals surface area (Å²) in [5.41, 5.74) is 6.83. The summed E-state index contributed by atoms with van der Waals surface area (Å²) in [6.07, 6.45) is 3.69. The lowest BCUT2D eigenvalue weighted by molar-refractivity contribution is -0.124. The van der Waals surface area contributed by atoms with Crippen LogP contribution in [0, 0.1) is 11.7 Å². The van der Waals surface area contributed by atoms with Crippen molar-refractivity contribution in [2.75, 3.05) is 38.7 Å². The lowest BCUT2D eigenvalue weighted by Gasteiger charge is -2.25. The maximum atomic E-state index is 15.5. The van der Waals surface area contributed by atoms with Gasteiger partial charge >= 0.3 is 0 Å². The average Bonchev–Trinajstić information content (AvgIpc) is 3.33. The summed E-state index contributed by atoms with van der Waals surface area (Å²) in [6, 6.07) is 3.02. The minimum atomic E-state index is -0.725. The Morgan fingerprint density at radius 3 is 2.77 bits per heavy atom. The van der Waals surface area contributed by atoms with Crippen LogP contribution in [0.25, 0.3) is 11.1 Å². The predicted molar refractivity (Wildman–Crippen MR) is 119 cm³/mol. The highest BCUT2D eigenvalue weighted by Gasteiger charge is 2.49. The number of nitrogens with zero attached hydrogens (tertiary/aromatic N) is 2. The Morgan fingerprint density at radius 1 is 1.35 bits per heavy atom. The first-order valence-corrected chi connectivity index (χ1v) is 10.5. The van der Waals surface area contributed by atoms with E-state index in [2.05, 4.69) is 15.6 Å². The molecule has 2 unspecified atom stereocenters.